The molecular weight excluding hydrogens is 201 g/mol. The molecule has 1 aromatic rings. The largest absolute Gasteiger partial charge is 0.495 e. The van der Waals surface area contributed by atoms with E-state index in [-0.39, 0.29) is 0 Å². The zero-order valence-corrected chi connectivity index (χ0v) is 9.24. The Labute approximate surface area is 83.9 Å². The molecule has 0 amide bonds. The maximum atomic E-state index is 11.2. The summed E-state index contributed by atoms with van der Waals surface area (Å²) in [5.41, 5.74) is 7.12. The Bertz CT molecular complexity index is 341. The standard InChI is InChI=1S/C9H14NO3P/c1-12-9-5-7(3-4-8(9)10)6-14(11)13-2/h3-5,14H,6,10H2,1-2H3. The average Bonchev–Trinajstić information content (AvgIpc) is 2.20. The van der Waals surface area contributed by atoms with Crippen LogP contribution in [0.5, 0.6) is 5.75 Å². The van der Waals surface area contributed by atoms with Crippen LogP contribution in [-0.2, 0) is 15.3 Å². The fraction of sp³-hybridized carbons (Fsp3) is 0.333. The molecule has 1 aromatic carbocycles. The summed E-state index contributed by atoms with van der Waals surface area (Å²) in [6, 6.07) is 5.33. The third-order valence-corrected chi connectivity index (χ3v) is 3.03. The van der Waals surface area contributed by atoms with Gasteiger partial charge in [0, 0.05) is 13.3 Å². The van der Waals surface area contributed by atoms with E-state index in [0.29, 0.717) is 17.6 Å². The molecule has 0 heterocycles. The molecule has 1 atom stereocenters. The van der Waals surface area contributed by atoms with E-state index in [2.05, 4.69) is 0 Å². The van der Waals surface area contributed by atoms with E-state index >= 15 is 0 Å². The quantitative estimate of drug-likeness (QED) is 0.615. The molecule has 0 radical (unpaired) electrons. The van der Waals surface area contributed by atoms with Gasteiger partial charge in [0.25, 0.3) is 0 Å². The monoisotopic (exact) mass is 215 g/mol. The first kappa shape index (κ1) is 11.1. The van der Waals surface area contributed by atoms with Crippen LogP contribution in [-0.4, -0.2) is 14.2 Å². The van der Waals surface area contributed by atoms with E-state index in [1.165, 1.54) is 7.11 Å². The van der Waals surface area contributed by atoms with Gasteiger partial charge in [-0.3, -0.25) is 4.57 Å². The first-order valence-corrected chi connectivity index (χ1v) is 5.69. The van der Waals surface area contributed by atoms with E-state index in [1.807, 2.05) is 6.07 Å². The zero-order valence-electron chi connectivity index (χ0n) is 8.24. The summed E-state index contributed by atoms with van der Waals surface area (Å²) in [6.45, 7) is 0. The number of hydrogen-bond acceptors (Lipinski definition) is 4. The second-order valence-electron chi connectivity index (χ2n) is 2.83. The molecule has 0 aromatic heterocycles. The average molecular weight is 215 g/mol. The van der Waals surface area contributed by atoms with Gasteiger partial charge in [-0.2, -0.15) is 0 Å². The molecule has 0 saturated heterocycles. The summed E-state index contributed by atoms with van der Waals surface area (Å²) in [6.07, 6.45) is 0.414. The molecule has 14 heavy (non-hydrogen) atoms. The Morgan fingerprint density at radius 3 is 2.71 bits per heavy atom. The predicted molar refractivity (Wildman–Crippen MR) is 57.1 cm³/mol. The smallest absolute Gasteiger partial charge is 0.195 e. The van der Waals surface area contributed by atoms with Crippen molar-refractivity contribution >= 4 is 13.7 Å². The Morgan fingerprint density at radius 1 is 1.43 bits per heavy atom. The summed E-state index contributed by atoms with van der Waals surface area (Å²) >= 11 is 0. The highest BCUT2D eigenvalue weighted by Crippen LogP contribution is 2.30. The van der Waals surface area contributed by atoms with Gasteiger partial charge in [0.15, 0.2) is 8.03 Å². The highest BCUT2D eigenvalue weighted by Gasteiger charge is 2.04. The molecule has 0 fully saturated rings. The van der Waals surface area contributed by atoms with Gasteiger partial charge in [-0.25, -0.2) is 0 Å². The van der Waals surface area contributed by atoms with Gasteiger partial charge >= 0.3 is 0 Å². The topological polar surface area (TPSA) is 61.5 Å². The second-order valence-corrected chi connectivity index (χ2v) is 4.34. The lowest BCUT2D eigenvalue weighted by molar-refractivity contribution is 0.412. The Morgan fingerprint density at radius 2 is 2.14 bits per heavy atom. The third kappa shape index (κ3) is 2.76. The van der Waals surface area contributed by atoms with Crippen LogP contribution in [0.2, 0.25) is 0 Å². The molecule has 5 heteroatoms. The maximum absolute atomic E-state index is 11.2. The lowest BCUT2D eigenvalue weighted by Crippen LogP contribution is -1.93. The number of methoxy groups -OCH3 is 1. The highest BCUT2D eigenvalue weighted by molar-refractivity contribution is 7.38. The van der Waals surface area contributed by atoms with Gasteiger partial charge in [0.05, 0.1) is 12.8 Å². The molecular formula is C9H14NO3P. The number of hydrogen-bond donors (Lipinski definition) is 1. The van der Waals surface area contributed by atoms with Crippen LogP contribution in [0.1, 0.15) is 5.56 Å². The highest BCUT2D eigenvalue weighted by atomic mass is 31.1. The van der Waals surface area contributed by atoms with Gasteiger partial charge < -0.3 is 15.0 Å². The van der Waals surface area contributed by atoms with E-state index in [1.54, 1.807) is 19.2 Å². The van der Waals surface area contributed by atoms with Crippen molar-refractivity contribution < 1.29 is 13.8 Å². The number of nitrogen functional groups attached to an aromatic ring is 1. The van der Waals surface area contributed by atoms with Gasteiger partial charge in [-0.1, -0.05) is 6.07 Å². The SMILES string of the molecule is COc1cc(C[PH](=O)OC)ccc1N. The fourth-order valence-electron chi connectivity index (χ4n) is 1.10. The van der Waals surface area contributed by atoms with Crippen molar-refractivity contribution in [2.75, 3.05) is 20.0 Å². The lowest BCUT2D eigenvalue weighted by atomic mass is 10.2. The summed E-state index contributed by atoms with van der Waals surface area (Å²) in [7, 11) is 1.03. The fourth-order valence-corrected chi connectivity index (χ4v) is 1.80. The minimum absolute atomic E-state index is 0.414. The van der Waals surface area contributed by atoms with Crippen LogP contribution in [0.25, 0.3) is 0 Å². The Kier molecular flexibility index (Phi) is 3.98. The van der Waals surface area contributed by atoms with E-state index in [9.17, 15) is 4.57 Å². The van der Waals surface area contributed by atoms with Crippen molar-refractivity contribution in [1.29, 1.82) is 0 Å². The maximum Gasteiger partial charge on any atom is 0.195 e. The number of benzene rings is 1. The van der Waals surface area contributed by atoms with Crippen LogP contribution in [0.4, 0.5) is 5.69 Å². The summed E-state index contributed by atoms with van der Waals surface area (Å²) < 4.78 is 20.9. The van der Waals surface area contributed by atoms with Crippen molar-refractivity contribution in [1.82, 2.24) is 0 Å². The molecule has 0 spiro atoms. The molecule has 1 rings (SSSR count). The summed E-state index contributed by atoms with van der Waals surface area (Å²) in [5, 5.41) is 0. The molecule has 0 aliphatic rings. The molecule has 0 bridgehead atoms. The van der Waals surface area contributed by atoms with E-state index < -0.39 is 8.03 Å². The normalized spacial score (nSPS) is 12.4. The molecule has 0 aliphatic heterocycles. The number of anilines is 1. The van der Waals surface area contributed by atoms with Crippen LogP contribution in [0.3, 0.4) is 0 Å². The minimum Gasteiger partial charge on any atom is -0.495 e. The van der Waals surface area contributed by atoms with Crippen LogP contribution in [0, 0.1) is 0 Å². The molecule has 4 nitrogen and oxygen atoms in total. The van der Waals surface area contributed by atoms with Gasteiger partial charge in [-0.05, 0) is 17.7 Å². The second kappa shape index (κ2) is 5.03. The van der Waals surface area contributed by atoms with Crippen LogP contribution < -0.4 is 10.5 Å². The zero-order chi connectivity index (χ0) is 10.6. The lowest BCUT2D eigenvalue weighted by Gasteiger charge is -2.06. The van der Waals surface area contributed by atoms with Crippen molar-refractivity contribution in [3.63, 3.8) is 0 Å². The van der Waals surface area contributed by atoms with E-state index in [0.717, 1.165) is 5.56 Å². The third-order valence-electron chi connectivity index (χ3n) is 1.87. The Balaban J connectivity index is 2.84. The molecule has 1 unspecified atom stereocenters. The first-order chi connectivity index (χ1) is 6.67. The summed E-state index contributed by atoms with van der Waals surface area (Å²) in [4.78, 5) is 0. The van der Waals surface area contributed by atoms with Crippen LogP contribution in [0.15, 0.2) is 18.2 Å². The molecule has 0 aliphatic carbocycles. The number of ether oxygens (including phenoxy) is 1. The first-order valence-electron chi connectivity index (χ1n) is 4.16. The van der Waals surface area contributed by atoms with Crippen molar-refractivity contribution in [2.45, 2.75) is 6.16 Å². The van der Waals surface area contributed by atoms with Crippen LogP contribution >= 0.6 is 8.03 Å². The van der Waals surface area contributed by atoms with E-state index in [4.69, 9.17) is 15.0 Å². The van der Waals surface area contributed by atoms with Crippen molar-refractivity contribution in [3.05, 3.63) is 23.8 Å². The molecule has 2 N–H and O–H groups in total. The Hall–Kier alpha value is -0.990. The predicted octanol–water partition coefficient (Wildman–Crippen LogP) is 1.90. The molecule has 78 valence electrons. The number of nitrogens with two attached hydrogens (primary N) is 1. The minimum atomic E-state index is -1.96. The van der Waals surface area contributed by atoms with Gasteiger partial charge in [0.2, 0.25) is 0 Å². The number of rotatable bonds is 4. The summed E-state index contributed by atoms with van der Waals surface area (Å²) in [5.74, 6) is 0.605. The molecule has 0 saturated carbocycles. The van der Waals surface area contributed by atoms with Crippen molar-refractivity contribution in [3.8, 4) is 5.75 Å². The van der Waals surface area contributed by atoms with Crippen molar-refractivity contribution in [2.24, 2.45) is 0 Å². The van der Waals surface area contributed by atoms with Gasteiger partial charge in [-0.15, -0.1) is 0 Å². The van der Waals surface area contributed by atoms with Gasteiger partial charge in [0.1, 0.15) is 5.75 Å².